The highest BCUT2D eigenvalue weighted by atomic mass is 16.4. The third kappa shape index (κ3) is 5.86. The zero-order valence-electron chi connectivity index (χ0n) is 14.0. The lowest BCUT2D eigenvalue weighted by atomic mass is 9.85. The molecule has 1 aliphatic carbocycles. The first-order valence-corrected chi connectivity index (χ1v) is 8.51. The number of carbonyl (C=O) groups is 3. The Morgan fingerprint density at radius 1 is 1.08 bits per heavy atom. The molecule has 1 aliphatic heterocycles. The molecule has 25 heavy (non-hydrogen) atoms. The van der Waals surface area contributed by atoms with Gasteiger partial charge < -0.3 is 20.8 Å². The van der Waals surface area contributed by atoms with Crippen molar-refractivity contribution in [3.05, 3.63) is 35.9 Å². The van der Waals surface area contributed by atoms with Crippen LogP contribution < -0.4 is 10.6 Å². The van der Waals surface area contributed by atoms with E-state index in [1.807, 2.05) is 0 Å². The molecular weight excluding hydrogens is 324 g/mol. The summed E-state index contributed by atoms with van der Waals surface area (Å²) in [5.41, 5.74) is 0.462. The smallest absolute Gasteiger partial charge is 0.322 e. The summed E-state index contributed by atoms with van der Waals surface area (Å²) < 4.78 is 0. The summed E-state index contributed by atoms with van der Waals surface area (Å²) in [4.78, 5) is 32.0. The van der Waals surface area contributed by atoms with Crippen molar-refractivity contribution >= 4 is 17.8 Å². The molecule has 1 saturated carbocycles. The van der Waals surface area contributed by atoms with Gasteiger partial charge in [-0.05, 0) is 37.3 Å². The lowest BCUT2D eigenvalue weighted by Crippen LogP contribution is -2.36. The number of rotatable bonds is 4. The van der Waals surface area contributed by atoms with Crippen molar-refractivity contribution in [3.8, 4) is 0 Å². The number of hydrogen-bond acceptors (Lipinski definition) is 4. The number of fused-ring (bicyclic) bond motifs is 1. The fourth-order valence-corrected chi connectivity index (χ4v) is 3.36. The van der Waals surface area contributed by atoms with Crippen LogP contribution in [0.1, 0.15) is 42.5 Å². The van der Waals surface area contributed by atoms with Crippen molar-refractivity contribution in [2.45, 2.75) is 44.2 Å². The molecule has 1 heterocycles. The second-order valence-electron chi connectivity index (χ2n) is 6.39. The Morgan fingerprint density at radius 3 is 2.36 bits per heavy atom. The molecule has 3 unspecified atom stereocenters. The van der Waals surface area contributed by atoms with Crippen molar-refractivity contribution in [1.82, 2.24) is 10.6 Å². The maximum absolute atomic E-state index is 11.2. The summed E-state index contributed by atoms with van der Waals surface area (Å²) in [7, 11) is 0. The summed E-state index contributed by atoms with van der Waals surface area (Å²) in [6.45, 7) is -0.353. The highest BCUT2D eigenvalue weighted by Crippen LogP contribution is 2.33. The van der Waals surface area contributed by atoms with Crippen LogP contribution in [0.5, 0.6) is 0 Å². The number of amides is 1. The van der Waals surface area contributed by atoms with E-state index in [9.17, 15) is 14.4 Å². The Labute approximate surface area is 146 Å². The third-order valence-corrected chi connectivity index (χ3v) is 4.60. The molecule has 136 valence electrons. The first-order chi connectivity index (χ1) is 12.0. The van der Waals surface area contributed by atoms with E-state index >= 15 is 0 Å². The van der Waals surface area contributed by atoms with Crippen LogP contribution in [-0.4, -0.2) is 46.7 Å². The largest absolute Gasteiger partial charge is 0.480 e. The standard InChI is InChI=1S/C9H9NO3.C9H15NO2/c11-8(12)6-10-9(13)7-4-2-1-3-5-7;11-9(12)8-5-6-3-1-2-4-7(6)10-8/h1-5H,6H2,(H,10,13)(H,11,12);6-8,10H,1-5H2,(H,11,12). The Morgan fingerprint density at radius 2 is 1.76 bits per heavy atom. The lowest BCUT2D eigenvalue weighted by Gasteiger charge is -2.24. The minimum Gasteiger partial charge on any atom is -0.480 e. The quantitative estimate of drug-likeness (QED) is 0.655. The predicted octanol–water partition coefficient (Wildman–Crippen LogP) is 1.49. The minimum atomic E-state index is -1.05. The van der Waals surface area contributed by atoms with Gasteiger partial charge in [-0.25, -0.2) is 0 Å². The zero-order valence-corrected chi connectivity index (χ0v) is 14.0. The first kappa shape index (κ1) is 18.9. The maximum Gasteiger partial charge on any atom is 0.322 e. The Hall–Kier alpha value is -2.41. The van der Waals surface area contributed by atoms with E-state index in [-0.39, 0.29) is 18.5 Å². The minimum absolute atomic E-state index is 0.266. The Kier molecular flexibility index (Phi) is 6.94. The number of carboxylic acids is 2. The number of carboxylic acid groups (broad SMARTS) is 2. The van der Waals surface area contributed by atoms with E-state index in [0.29, 0.717) is 17.5 Å². The lowest BCUT2D eigenvalue weighted by molar-refractivity contribution is -0.139. The van der Waals surface area contributed by atoms with E-state index in [1.165, 1.54) is 25.7 Å². The Balaban J connectivity index is 0.000000181. The summed E-state index contributed by atoms with van der Waals surface area (Å²) in [6.07, 6.45) is 5.80. The highest BCUT2D eigenvalue weighted by molar-refractivity contribution is 5.95. The Bertz CT molecular complexity index is 591. The topological polar surface area (TPSA) is 116 Å². The highest BCUT2D eigenvalue weighted by Gasteiger charge is 2.37. The molecule has 7 heteroatoms. The molecule has 1 saturated heterocycles. The summed E-state index contributed by atoms with van der Waals surface area (Å²) in [5, 5.41) is 22.5. The molecule has 1 aromatic rings. The molecule has 0 aromatic heterocycles. The van der Waals surface area contributed by atoms with Crippen LogP contribution in [0.3, 0.4) is 0 Å². The van der Waals surface area contributed by atoms with Crippen LogP contribution in [0.4, 0.5) is 0 Å². The second-order valence-corrected chi connectivity index (χ2v) is 6.39. The average molecular weight is 348 g/mol. The average Bonchev–Trinajstić information content (AvgIpc) is 3.05. The van der Waals surface area contributed by atoms with Crippen LogP contribution in [0.15, 0.2) is 30.3 Å². The monoisotopic (exact) mass is 348 g/mol. The van der Waals surface area contributed by atoms with Gasteiger partial charge in [0.1, 0.15) is 12.6 Å². The van der Waals surface area contributed by atoms with Crippen LogP contribution in [0, 0.1) is 5.92 Å². The third-order valence-electron chi connectivity index (χ3n) is 4.60. The fourth-order valence-electron chi connectivity index (χ4n) is 3.36. The summed E-state index contributed by atoms with van der Waals surface area (Å²) >= 11 is 0. The van der Waals surface area contributed by atoms with Crippen molar-refractivity contribution in [3.63, 3.8) is 0 Å². The molecule has 1 amide bonds. The van der Waals surface area contributed by atoms with Gasteiger partial charge >= 0.3 is 11.9 Å². The van der Waals surface area contributed by atoms with Gasteiger partial charge in [-0.3, -0.25) is 14.4 Å². The molecule has 4 N–H and O–H groups in total. The zero-order chi connectivity index (χ0) is 18.2. The van der Waals surface area contributed by atoms with Crippen molar-refractivity contribution in [2.24, 2.45) is 5.92 Å². The van der Waals surface area contributed by atoms with Crippen LogP contribution >= 0.6 is 0 Å². The van der Waals surface area contributed by atoms with Crippen LogP contribution in [0.25, 0.3) is 0 Å². The number of aliphatic carboxylic acids is 2. The molecular formula is C18H24N2O5. The molecule has 2 fully saturated rings. The fraction of sp³-hybridized carbons (Fsp3) is 0.500. The van der Waals surface area contributed by atoms with E-state index < -0.39 is 11.9 Å². The SMILES string of the molecule is O=C(O)C1CC2CCCCC2N1.O=C(O)CNC(=O)c1ccccc1. The maximum atomic E-state index is 11.2. The molecule has 1 aromatic carbocycles. The summed E-state index contributed by atoms with van der Waals surface area (Å²) in [5.74, 6) is -1.46. The number of nitrogens with one attached hydrogen (secondary N) is 2. The van der Waals surface area contributed by atoms with E-state index in [2.05, 4.69) is 10.6 Å². The van der Waals surface area contributed by atoms with Crippen LogP contribution in [0.2, 0.25) is 0 Å². The molecule has 0 radical (unpaired) electrons. The van der Waals surface area contributed by atoms with Gasteiger partial charge in [0.05, 0.1) is 0 Å². The van der Waals surface area contributed by atoms with Gasteiger partial charge in [-0.15, -0.1) is 0 Å². The molecule has 0 bridgehead atoms. The van der Waals surface area contributed by atoms with E-state index in [1.54, 1.807) is 30.3 Å². The van der Waals surface area contributed by atoms with Gasteiger partial charge in [0.25, 0.3) is 5.91 Å². The number of benzene rings is 1. The van der Waals surface area contributed by atoms with Gasteiger partial charge in [0.2, 0.25) is 0 Å². The van der Waals surface area contributed by atoms with Gasteiger partial charge in [0, 0.05) is 11.6 Å². The number of hydrogen-bond donors (Lipinski definition) is 4. The molecule has 3 rings (SSSR count). The first-order valence-electron chi connectivity index (χ1n) is 8.51. The van der Waals surface area contributed by atoms with Gasteiger partial charge in [-0.2, -0.15) is 0 Å². The summed E-state index contributed by atoms with van der Waals surface area (Å²) in [6, 6.07) is 8.70. The molecule has 2 aliphatic rings. The van der Waals surface area contributed by atoms with Crippen molar-refractivity contribution < 1.29 is 24.6 Å². The van der Waals surface area contributed by atoms with Crippen molar-refractivity contribution in [2.75, 3.05) is 6.54 Å². The normalized spacial score (nSPS) is 24.4. The molecule has 3 atom stereocenters. The number of carbonyl (C=O) groups excluding carboxylic acids is 1. The van der Waals surface area contributed by atoms with Crippen molar-refractivity contribution in [1.29, 1.82) is 0 Å². The molecule has 0 spiro atoms. The van der Waals surface area contributed by atoms with E-state index in [4.69, 9.17) is 10.2 Å². The predicted molar refractivity (Wildman–Crippen MR) is 91.3 cm³/mol. The van der Waals surface area contributed by atoms with Gasteiger partial charge in [-0.1, -0.05) is 31.0 Å². The molecule has 7 nitrogen and oxygen atoms in total. The second kappa shape index (κ2) is 9.17. The van der Waals surface area contributed by atoms with Gasteiger partial charge in [0.15, 0.2) is 0 Å². The van der Waals surface area contributed by atoms with E-state index in [0.717, 1.165) is 6.42 Å². The van der Waals surface area contributed by atoms with Crippen LogP contribution in [-0.2, 0) is 9.59 Å².